The van der Waals surface area contributed by atoms with Crippen molar-refractivity contribution >= 4 is 50.6 Å². The molecule has 0 atom stereocenters. The van der Waals surface area contributed by atoms with Gasteiger partial charge in [-0.15, -0.1) is 0 Å². The number of hydrogen-bond donors (Lipinski definition) is 0. The lowest BCUT2D eigenvalue weighted by Gasteiger charge is -2.36. The van der Waals surface area contributed by atoms with Gasteiger partial charge in [-0.05, 0) is 68.8 Å². The molecule has 224 valence electrons. The zero-order valence-corrected chi connectivity index (χ0v) is 27.1. The molecule has 0 aliphatic carbocycles. The second-order valence-corrected chi connectivity index (χ2v) is 15.7. The molecule has 7 aromatic carbocycles. The molecule has 48 heavy (non-hydrogen) atoms. The van der Waals surface area contributed by atoms with Gasteiger partial charge >= 0.3 is 0 Å². The largest absolute Gasteiger partial charge is 0.309 e. The fraction of sp³-hybridized carbons (Fsp3) is 0. The lowest BCUT2D eigenvalue weighted by atomic mass is 10.0. The van der Waals surface area contributed by atoms with Crippen LogP contribution in [0, 0.1) is 22.7 Å². The Morgan fingerprint density at radius 3 is 1.54 bits per heavy atom. The smallest absolute Gasteiger partial charge is 0.180 e. The quantitative estimate of drug-likeness (QED) is 0.141. The SMILES string of the molecule is N#Cc1ccc(-n2c3ccccc3c3cc(C#N)ccc32)c(-c2ccccc2[Si](c2ccccc2)(c2ccccc2)c2ccccc2)c1. The summed E-state index contributed by atoms with van der Waals surface area (Å²) in [6, 6.07) is 66.5. The lowest BCUT2D eigenvalue weighted by molar-refractivity contribution is 1.18. The Morgan fingerprint density at radius 1 is 0.417 bits per heavy atom. The normalized spacial score (nSPS) is 11.3. The molecule has 8 aromatic rings. The van der Waals surface area contributed by atoms with Crippen LogP contribution in [0.25, 0.3) is 38.6 Å². The topological polar surface area (TPSA) is 52.5 Å². The zero-order chi connectivity index (χ0) is 32.5. The van der Waals surface area contributed by atoms with Gasteiger partial charge in [0.05, 0.1) is 40.0 Å². The first-order valence-corrected chi connectivity index (χ1v) is 18.0. The Hall–Kier alpha value is -6.46. The summed E-state index contributed by atoms with van der Waals surface area (Å²) in [5, 5.41) is 27.2. The molecule has 8 rings (SSSR count). The van der Waals surface area contributed by atoms with Gasteiger partial charge in [0, 0.05) is 16.3 Å². The molecule has 4 heteroatoms. The summed E-state index contributed by atoms with van der Waals surface area (Å²) in [4.78, 5) is 0. The van der Waals surface area contributed by atoms with E-state index in [2.05, 4.69) is 156 Å². The lowest BCUT2D eigenvalue weighted by Crippen LogP contribution is -2.75. The van der Waals surface area contributed by atoms with Crippen molar-refractivity contribution in [2.75, 3.05) is 0 Å². The average molecular weight is 628 g/mol. The van der Waals surface area contributed by atoms with Crippen LogP contribution >= 0.6 is 0 Å². The van der Waals surface area contributed by atoms with Gasteiger partial charge in [0.15, 0.2) is 8.07 Å². The van der Waals surface area contributed by atoms with Crippen molar-refractivity contribution in [2.24, 2.45) is 0 Å². The minimum absolute atomic E-state index is 0.600. The number of aromatic nitrogens is 1. The maximum atomic E-state index is 10.2. The molecule has 0 saturated carbocycles. The van der Waals surface area contributed by atoms with Crippen molar-refractivity contribution in [1.29, 1.82) is 10.5 Å². The fourth-order valence-electron chi connectivity index (χ4n) is 7.39. The molecule has 0 fully saturated rings. The van der Waals surface area contributed by atoms with Crippen molar-refractivity contribution in [3.63, 3.8) is 0 Å². The van der Waals surface area contributed by atoms with Crippen molar-refractivity contribution in [1.82, 2.24) is 4.57 Å². The van der Waals surface area contributed by atoms with Gasteiger partial charge in [0.1, 0.15) is 0 Å². The molecule has 1 aromatic heterocycles. The molecular weight excluding hydrogens is 599 g/mol. The third-order valence-corrected chi connectivity index (χ3v) is 14.3. The maximum Gasteiger partial charge on any atom is 0.180 e. The van der Waals surface area contributed by atoms with E-state index in [-0.39, 0.29) is 0 Å². The van der Waals surface area contributed by atoms with Crippen LogP contribution in [0.1, 0.15) is 11.1 Å². The number of rotatable bonds is 6. The third kappa shape index (κ3) is 4.55. The third-order valence-electron chi connectivity index (χ3n) is 9.41. The minimum atomic E-state index is -2.91. The summed E-state index contributed by atoms with van der Waals surface area (Å²) in [6.07, 6.45) is 0. The monoisotopic (exact) mass is 627 g/mol. The molecule has 1 heterocycles. The Bertz CT molecular complexity index is 2430. The van der Waals surface area contributed by atoms with Gasteiger partial charge in [0.25, 0.3) is 0 Å². The summed E-state index contributed by atoms with van der Waals surface area (Å²) in [5.41, 5.74) is 6.33. The molecule has 0 radical (unpaired) electrons. The molecule has 3 nitrogen and oxygen atoms in total. The number of nitrogens with zero attached hydrogens (tertiary/aromatic N) is 3. The van der Waals surface area contributed by atoms with E-state index in [1.54, 1.807) is 0 Å². The van der Waals surface area contributed by atoms with E-state index in [1.807, 2.05) is 36.4 Å². The standard InChI is InChI=1S/C44H29N3Si/c45-30-32-24-26-42-39(28-32)37-20-10-12-22-41(37)47(42)43-27-25-33(31-46)29-40(43)38-21-11-13-23-44(38)48(34-14-4-1-5-15-34,35-16-6-2-7-17-35)36-18-8-3-9-19-36/h1-29H. The van der Waals surface area contributed by atoms with Crippen molar-refractivity contribution < 1.29 is 0 Å². The van der Waals surface area contributed by atoms with Gasteiger partial charge < -0.3 is 4.57 Å². The first kappa shape index (κ1) is 29.0. The molecule has 0 amide bonds. The van der Waals surface area contributed by atoms with Gasteiger partial charge in [0.2, 0.25) is 0 Å². The van der Waals surface area contributed by atoms with Crippen molar-refractivity contribution in [3.05, 3.63) is 187 Å². The number of fused-ring (bicyclic) bond motifs is 3. The molecule has 0 saturated heterocycles. The van der Waals surface area contributed by atoms with Crippen LogP contribution in [0.4, 0.5) is 0 Å². The highest BCUT2D eigenvalue weighted by Crippen LogP contribution is 2.37. The predicted molar refractivity (Wildman–Crippen MR) is 199 cm³/mol. The van der Waals surface area contributed by atoms with E-state index in [4.69, 9.17) is 0 Å². The second-order valence-electron chi connectivity index (χ2n) is 11.9. The van der Waals surface area contributed by atoms with Crippen LogP contribution in [0.5, 0.6) is 0 Å². The second kappa shape index (κ2) is 12.0. The maximum absolute atomic E-state index is 10.2. The van der Waals surface area contributed by atoms with E-state index in [1.165, 1.54) is 20.7 Å². The van der Waals surface area contributed by atoms with Crippen LogP contribution in [0.15, 0.2) is 176 Å². The number of para-hydroxylation sites is 1. The minimum Gasteiger partial charge on any atom is -0.309 e. The Kier molecular flexibility index (Phi) is 7.27. The summed E-state index contributed by atoms with van der Waals surface area (Å²) in [5.74, 6) is 0. The number of nitriles is 2. The zero-order valence-electron chi connectivity index (χ0n) is 26.1. The molecule has 0 aliphatic heterocycles. The van der Waals surface area contributed by atoms with Crippen LogP contribution < -0.4 is 20.7 Å². The highest BCUT2D eigenvalue weighted by Gasteiger charge is 2.43. The van der Waals surface area contributed by atoms with Crippen LogP contribution in [0.3, 0.4) is 0 Å². The Labute approximate surface area is 280 Å². The van der Waals surface area contributed by atoms with E-state index in [9.17, 15) is 10.5 Å². The molecule has 0 unspecified atom stereocenters. The molecule has 0 bridgehead atoms. The first-order chi connectivity index (χ1) is 23.7. The summed E-state index contributed by atoms with van der Waals surface area (Å²) in [6.45, 7) is 0. The fourth-order valence-corrected chi connectivity index (χ4v) is 12.4. The van der Waals surface area contributed by atoms with E-state index in [0.29, 0.717) is 11.1 Å². The predicted octanol–water partition coefficient (Wildman–Crippen LogP) is 7.57. The van der Waals surface area contributed by atoms with E-state index in [0.717, 1.165) is 38.6 Å². The van der Waals surface area contributed by atoms with Gasteiger partial charge in [-0.1, -0.05) is 133 Å². The average Bonchev–Trinajstić information content (AvgIpc) is 3.50. The van der Waals surface area contributed by atoms with E-state index < -0.39 is 8.07 Å². The Morgan fingerprint density at radius 2 is 0.917 bits per heavy atom. The molecular formula is C44H29N3Si. The molecule has 0 N–H and O–H groups in total. The number of benzene rings is 7. The molecule has 0 aliphatic rings. The van der Waals surface area contributed by atoms with Gasteiger partial charge in [-0.2, -0.15) is 10.5 Å². The van der Waals surface area contributed by atoms with Crippen molar-refractivity contribution in [2.45, 2.75) is 0 Å². The van der Waals surface area contributed by atoms with Gasteiger partial charge in [-0.3, -0.25) is 0 Å². The summed E-state index contributed by atoms with van der Waals surface area (Å²) < 4.78 is 2.29. The number of hydrogen-bond acceptors (Lipinski definition) is 2. The van der Waals surface area contributed by atoms with Crippen LogP contribution in [-0.4, -0.2) is 12.6 Å². The highest BCUT2D eigenvalue weighted by molar-refractivity contribution is 7.20. The van der Waals surface area contributed by atoms with E-state index >= 15 is 0 Å². The Balaban J connectivity index is 1.52. The highest BCUT2D eigenvalue weighted by atomic mass is 28.3. The summed E-state index contributed by atoms with van der Waals surface area (Å²) >= 11 is 0. The first-order valence-electron chi connectivity index (χ1n) is 16.0. The van der Waals surface area contributed by atoms with Crippen LogP contribution in [0.2, 0.25) is 0 Å². The summed E-state index contributed by atoms with van der Waals surface area (Å²) in [7, 11) is -2.91. The van der Waals surface area contributed by atoms with Crippen LogP contribution in [-0.2, 0) is 0 Å². The van der Waals surface area contributed by atoms with Gasteiger partial charge in [-0.25, -0.2) is 0 Å². The molecule has 0 spiro atoms. The van der Waals surface area contributed by atoms with Crippen molar-refractivity contribution in [3.8, 4) is 29.0 Å².